The van der Waals surface area contributed by atoms with Gasteiger partial charge in [-0.15, -0.1) is 0 Å². The quantitative estimate of drug-likeness (QED) is 0.842. The monoisotopic (exact) mass is 249 g/mol. The molecule has 0 saturated heterocycles. The van der Waals surface area contributed by atoms with Crippen LogP contribution in [0, 0.1) is 19.8 Å². The molecule has 100 valence electrons. The van der Waals surface area contributed by atoms with E-state index in [2.05, 4.69) is 5.32 Å². The van der Waals surface area contributed by atoms with Gasteiger partial charge in [0, 0.05) is 12.1 Å². The van der Waals surface area contributed by atoms with E-state index in [1.165, 1.54) is 0 Å². The summed E-state index contributed by atoms with van der Waals surface area (Å²) in [5, 5.41) is 12.6. The minimum Gasteiger partial charge on any atom is -0.391 e. The summed E-state index contributed by atoms with van der Waals surface area (Å²) >= 11 is 0. The predicted octanol–water partition coefficient (Wildman–Crippen LogP) is 2.44. The molecular weight excluding hydrogens is 226 g/mol. The van der Waals surface area contributed by atoms with Crippen LogP contribution >= 0.6 is 0 Å². The topological polar surface area (TPSA) is 49.3 Å². The first kappa shape index (κ1) is 14.7. The molecule has 18 heavy (non-hydrogen) atoms. The molecule has 2 atom stereocenters. The Hall–Kier alpha value is -1.35. The summed E-state index contributed by atoms with van der Waals surface area (Å²) in [5.74, 6) is 0.0827. The second-order valence-corrected chi connectivity index (χ2v) is 4.98. The Morgan fingerprint density at radius 2 is 2.06 bits per heavy atom. The Balaban J connectivity index is 2.60. The van der Waals surface area contributed by atoms with E-state index in [-0.39, 0.29) is 11.8 Å². The fourth-order valence-corrected chi connectivity index (χ4v) is 1.83. The van der Waals surface area contributed by atoms with Crippen molar-refractivity contribution < 1.29 is 9.90 Å². The summed E-state index contributed by atoms with van der Waals surface area (Å²) in [6, 6.07) is 5.74. The maximum Gasteiger partial charge on any atom is 0.251 e. The lowest BCUT2D eigenvalue weighted by Gasteiger charge is -2.18. The molecule has 3 heteroatoms. The van der Waals surface area contributed by atoms with Crippen molar-refractivity contribution in [1.82, 2.24) is 5.32 Å². The molecule has 0 fully saturated rings. The highest BCUT2D eigenvalue weighted by Crippen LogP contribution is 2.11. The van der Waals surface area contributed by atoms with E-state index < -0.39 is 6.10 Å². The van der Waals surface area contributed by atoms with Crippen molar-refractivity contribution >= 4 is 5.91 Å². The minimum atomic E-state index is -0.482. The van der Waals surface area contributed by atoms with Crippen LogP contribution in [-0.4, -0.2) is 23.7 Å². The van der Waals surface area contributed by atoms with Gasteiger partial charge in [0.05, 0.1) is 6.10 Å². The number of amides is 1. The van der Waals surface area contributed by atoms with Gasteiger partial charge in [-0.1, -0.05) is 38.0 Å². The van der Waals surface area contributed by atoms with E-state index >= 15 is 0 Å². The maximum atomic E-state index is 12.0. The third kappa shape index (κ3) is 3.84. The molecule has 0 bridgehead atoms. The zero-order valence-electron chi connectivity index (χ0n) is 11.7. The third-order valence-corrected chi connectivity index (χ3v) is 3.40. The van der Waals surface area contributed by atoms with Crippen LogP contribution in [0.25, 0.3) is 0 Å². The standard InChI is InChI=1S/C15H23NO2/c1-5-11(3)14(17)9-16-15(18)13-7-6-10(2)8-12(13)4/h6-8,11,14,17H,5,9H2,1-4H3,(H,16,18). The summed E-state index contributed by atoms with van der Waals surface area (Å²) in [6.45, 7) is 8.24. The van der Waals surface area contributed by atoms with Crippen LogP contribution in [-0.2, 0) is 0 Å². The second kappa shape index (κ2) is 6.55. The van der Waals surface area contributed by atoms with Gasteiger partial charge in [0.1, 0.15) is 0 Å². The summed E-state index contributed by atoms with van der Waals surface area (Å²) in [5.41, 5.74) is 2.78. The van der Waals surface area contributed by atoms with Crippen molar-refractivity contribution in [1.29, 1.82) is 0 Å². The molecule has 0 aliphatic heterocycles. The molecule has 0 aliphatic rings. The summed E-state index contributed by atoms with van der Waals surface area (Å²) in [7, 11) is 0. The molecule has 0 aromatic heterocycles. The van der Waals surface area contributed by atoms with Crippen LogP contribution < -0.4 is 5.32 Å². The zero-order valence-corrected chi connectivity index (χ0v) is 11.7. The number of aryl methyl sites for hydroxylation is 2. The van der Waals surface area contributed by atoms with Gasteiger partial charge in [-0.25, -0.2) is 0 Å². The molecule has 2 unspecified atom stereocenters. The van der Waals surface area contributed by atoms with Crippen molar-refractivity contribution in [2.75, 3.05) is 6.54 Å². The predicted molar refractivity (Wildman–Crippen MR) is 73.7 cm³/mol. The van der Waals surface area contributed by atoms with E-state index in [9.17, 15) is 9.90 Å². The number of hydrogen-bond acceptors (Lipinski definition) is 2. The van der Waals surface area contributed by atoms with E-state index in [1.807, 2.05) is 45.9 Å². The van der Waals surface area contributed by atoms with Crippen molar-refractivity contribution in [2.24, 2.45) is 5.92 Å². The smallest absolute Gasteiger partial charge is 0.251 e. The fraction of sp³-hybridized carbons (Fsp3) is 0.533. The molecule has 0 aliphatic carbocycles. The zero-order chi connectivity index (χ0) is 13.7. The van der Waals surface area contributed by atoms with Gasteiger partial charge >= 0.3 is 0 Å². The number of carbonyl (C=O) groups is 1. The molecule has 1 aromatic carbocycles. The van der Waals surface area contributed by atoms with Gasteiger partial charge in [-0.05, 0) is 31.4 Å². The molecule has 0 saturated carbocycles. The van der Waals surface area contributed by atoms with Gasteiger partial charge in [0.25, 0.3) is 5.91 Å². The lowest BCUT2D eigenvalue weighted by Crippen LogP contribution is -2.35. The lowest BCUT2D eigenvalue weighted by atomic mass is 10.0. The molecule has 0 heterocycles. The summed E-state index contributed by atoms with van der Waals surface area (Å²) in [4.78, 5) is 12.0. The molecule has 1 amide bonds. The third-order valence-electron chi connectivity index (χ3n) is 3.40. The average molecular weight is 249 g/mol. The van der Waals surface area contributed by atoms with Crippen LogP contribution in [0.1, 0.15) is 41.8 Å². The normalized spacial score (nSPS) is 14.1. The summed E-state index contributed by atoms with van der Waals surface area (Å²) < 4.78 is 0. The average Bonchev–Trinajstić information content (AvgIpc) is 2.34. The van der Waals surface area contributed by atoms with Crippen molar-refractivity contribution in [2.45, 2.75) is 40.2 Å². The first-order valence-electron chi connectivity index (χ1n) is 6.49. The van der Waals surface area contributed by atoms with Gasteiger partial charge in [-0.2, -0.15) is 0 Å². The number of nitrogens with one attached hydrogen (secondary N) is 1. The lowest BCUT2D eigenvalue weighted by molar-refractivity contribution is 0.0849. The number of carbonyl (C=O) groups excluding carboxylic acids is 1. The highest BCUT2D eigenvalue weighted by molar-refractivity contribution is 5.95. The molecule has 0 spiro atoms. The molecular formula is C15H23NO2. The van der Waals surface area contributed by atoms with Crippen LogP contribution in [0.3, 0.4) is 0 Å². The largest absolute Gasteiger partial charge is 0.391 e. The van der Waals surface area contributed by atoms with E-state index in [1.54, 1.807) is 0 Å². The summed E-state index contributed by atoms with van der Waals surface area (Å²) in [6.07, 6.45) is 0.422. The molecule has 2 N–H and O–H groups in total. The van der Waals surface area contributed by atoms with Crippen molar-refractivity contribution in [3.63, 3.8) is 0 Å². The van der Waals surface area contributed by atoms with Crippen LogP contribution in [0.4, 0.5) is 0 Å². The Kier molecular flexibility index (Phi) is 5.35. The van der Waals surface area contributed by atoms with Gasteiger partial charge in [-0.3, -0.25) is 4.79 Å². The van der Waals surface area contributed by atoms with Gasteiger partial charge < -0.3 is 10.4 Å². The van der Waals surface area contributed by atoms with E-state index in [0.717, 1.165) is 17.5 Å². The van der Waals surface area contributed by atoms with Crippen molar-refractivity contribution in [3.05, 3.63) is 34.9 Å². The minimum absolute atomic E-state index is 0.116. The second-order valence-electron chi connectivity index (χ2n) is 4.98. The van der Waals surface area contributed by atoms with E-state index in [0.29, 0.717) is 12.1 Å². The molecule has 0 radical (unpaired) electrons. The fourth-order valence-electron chi connectivity index (χ4n) is 1.83. The van der Waals surface area contributed by atoms with E-state index in [4.69, 9.17) is 0 Å². The SMILES string of the molecule is CCC(C)C(O)CNC(=O)c1ccc(C)cc1C. The number of aliphatic hydroxyl groups is 1. The van der Waals surface area contributed by atoms with Crippen molar-refractivity contribution in [3.8, 4) is 0 Å². The number of hydrogen-bond donors (Lipinski definition) is 2. The van der Waals surface area contributed by atoms with Crippen LogP contribution in [0.5, 0.6) is 0 Å². The first-order valence-corrected chi connectivity index (χ1v) is 6.49. The highest BCUT2D eigenvalue weighted by Gasteiger charge is 2.14. The molecule has 3 nitrogen and oxygen atoms in total. The Morgan fingerprint density at radius 3 is 2.61 bits per heavy atom. The van der Waals surface area contributed by atoms with Crippen LogP contribution in [0.15, 0.2) is 18.2 Å². The first-order chi connectivity index (χ1) is 8.45. The van der Waals surface area contributed by atoms with Gasteiger partial charge in [0.15, 0.2) is 0 Å². The highest BCUT2D eigenvalue weighted by atomic mass is 16.3. The number of aliphatic hydroxyl groups excluding tert-OH is 1. The molecule has 1 aromatic rings. The Bertz CT molecular complexity index is 415. The van der Waals surface area contributed by atoms with Gasteiger partial charge in [0.2, 0.25) is 0 Å². The maximum absolute atomic E-state index is 12.0. The van der Waals surface area contributed by atoms with Crippen LogP contribution in [0.2, 0.25) is 0 Å². The number of rotatable bonds is 5. The Morgan fingerprint density at radius 1 is 1.39 bits per heavy atom. The number of benzene rings is 1. The molecule has 1 rings (SSSR count). The Labute approximate surface area is 109 Å².